The Morgan fingerprint density at radius 2 is 2.00 bits per heavy atom. The standard InChI is InChI=1S/C12H16N2/c1-5-10(4)12-11(8-9(2)3)13-6-7-14-12/h5-9H,1H2,2-4H3/b11-8+,12-10+. The lowest BCUT2D eigenvalue weighted by Gasteiger charge is -1.95. The van der Waals surface area contributed by atoms with Gasteiger partial charge in [0.15, 0.2) is 0 Å². The van der Waals surface area contributed by atoms with Gasteiger partial charge in [0.25, 0.3) is 0 Å². The topological polar surface area (TPSA) is 25.8 Å². The molecule has 0 saturated carbocycles. The van der Waals surface area contributed by atoms with E-state index in [2.05, 4.69) is 36.5 Å². The quantitative estimate of drug-likeness (QED) is 0.698. The van der Waals surface area contributed by atoms with Gasteiger partial charge in [0, 0.05) is 12.4 Å². The molecule has 1 rings (SSSR count). The molecule has 0 fully saturated rings. The molecule has 1 heterocycles. The predicted octanol–water partition coefficient (Wildman–Crippen LogP) is 1.27. The maximum atomic E-state index is 4.30. The van der Waals surface area contributed by atoms with E-state index in [1.165, 1.54) is 0 Å². The lowest BCUT2D eigenvalue weighted by molar-refractivity contribution is 0.871. The minimum atomic E-state index is 0.475. The van der Waals surface area contributed by atoms with Crippen LogP contribution in [0.4, 0.5) is 0 Å². The Labute approximate surface area is 84.7 Å². The Bertz CT molecular complexity index is 430. The van der Waals surface area contributed by atoms with Gasteiger partial charge in [-0.2, -0.15) is 0 Å². The number of allylic oxidation sites excluding steroid dienone is 1. The van der Waals surface area contributed by atoms with Crippen molar-refractivity contribution in [1.29, 1.82) is 0 Å². The van der Waals surface area contributed by atoms with E-state index in [0.29, 0.717) is 5.92 Å². The van der Waals surface area contributed by atoms with Crippen LogP contribution < -0.4 is 10.7 Å². The molecule has 0 unspecified atom stereocenters. The van der Waals surface area contributed by atoms with E-state index in [9.17, 15) is 0 Å². The average Bonchev–Trinajstić information content (AvgIpc) is 2.16. The van der Waals surface area contributed by atoms with E-state index in [1.54, 1.807) is 12.4 Å². The molecule has 0 amide bonds. The molecule has 1 aromatic heterocycles. The van der Waals surface area contributed by atoms with Crippen molar-refractivity contribution < 1.29 is 0 Å². The van der Waals surface area contributed by atoms with Crippen LogP contribution in [0.25, 0.3) is 11.6 Å². The lowest BCUT2D eigenvalue weighted by Crippen LogP contribution is -2.32. The minimum absolute atomic E-state index is 0.475. The van der Waals surface area contributed by atoms with Crippen LogP contribution in [0.15, 0.2) is 25.0 Å². The number of hydrogen-bond acceptors (Lipinski definition) is 2. The van der Waals surface area contributed by atoms with E-state index >= 15 is 0 Å². The molecule has 0 N–H and O–H groups in total. The van der Waals surface area contributed by atoms with Crippen LogP contribution >= 0.6 is 0 Å². The maximum Gasteiger partial charge on any atom is 0.0912 e. The van der Waals surface area contributed by atoms with Crippen molar-refractivity contribution in [2.75, 3.05) is 0 Å². The lowest BCUT2D eigenvalue weighted by atomic mass is 10.2. The van der Waals surface area contributed by atoms with Crippen LogP contribution in [0, 0.1) is 5.92 Å². The molecule has 0 aliphatic carbocycles. The Morgan fingerprint density at radius 1 is 1.36 bits per heavy atom. The summed E-state index contributed by atoms with van der Waals surface area (Å²) in [5.41, 5.74) is 1.06. The van der Waals surface area contributed by atoms with E-state index < -0.39 is 0 Å². The van der Waals surface area contributed by atoms with Gasteiger partial charge in [-0.1, -0.05) is 32.6 Å². The van der Waals surface area contributed by atoms with E-state index in [0.717, 1.165) is 16.3 Å². The molecular weight excluding hydrogens is 172 g/mol. The second kappa shape index (κ2) is 4.70. The Morgan fingerprint density at radius 3 is 2.57 bits per heavy atom. The molecule has 74 valence electrons. The largest absolute Gasteiger partial charge is 0.253 e. The van der Waals surface area contributed by atoms with Crippen molar-refractivity contribution in [1.82, 2.24) is 9.97 Å². The fourth-order valence-corrected chi connectivity index (χ4v) is 1.19. The molecule has 0 aliphatic heterocycles. The Balaban J connectivity index is 3.53. The third-order valence-corrected chi connectivity index (χ3v) is 1.90. The highest BCUT2D eigenvalue weighted by Gasteiger charge is 1.92. The molecule has 0 bridgehead atoms. The molecule has 0 aromatic carbocycles. The first kappa shape index (κ1) is 10.6. The summed E-state index contributed by atoms with van der Waals surface area (Å²) in [7, 11) is 0. The van der Waals surface area contributed by atoms with Gasteiger partial charge in [-0.25, -0.2) is 0 Å². The van der Waals surface area contributed by atoms with Gasteiger partial charge >= 0.3 is 0 Å². The summed E-state index contributed by atoms with van der Waals surface area (Å²) in [4.78, 5) is 8.60. The van der Waals surface area contributed by atoms with Gasteiger partial charge in [-0.05, 0) is 18.4 Å². The smallest absolute Gasteiger partial charge is 0.0912 e. The monoisotopic (exact) mass is 188 g/mol. The van der Waals surface area contributed by atoms with Gasteiger partial charge < -0.3 is 0 Å². The zero-order chi connectivity index (χ0) is 10.6. The van der Waals surface area contributed by atoms with Crippen molar-refractivity contribution in [3.8, 4) is 0 Å². The fourth-order valence-electron chi connectivity index (χ4n) is 1.19. The highest BCUT2D eigenvalue weighted by Crippen LogP contribution is 1.91. The van der Waals surface area contributed by atoms with Gasteiger partial charge in [0.2, 0.25) is 0 Å². The molecule has 0 aliphatic rings. The zero-order valence-electron chi connectivity index (χ0n) is 8.99. The summed E-state index contributed by atoms with van der Waals surface area (Å²) in [5, 5.41) is 1.87. The number of hydrogen-bond donors (Lipinski definition) is 0. The first-order valence-electron chi connectivity index (χ1n) is 4.77. The summed E-state index contributed by atoms with van der Waals surface area (Å²) in [6.45, 7) is 9.99. The summed E-state index contributed by atoms with van der Waals surface area (Å²) >= 11 is 0. The Hall–Kier alpha value is -1.44. The van der Waals surface area contributed by atoms with Crippen LogP contribution in [0.3, 0.4) is 0 Å². The third-order valence-electron chi connectivity index (χ3n) is 1.90. The summed E-state index contributed by atoms with van der Waals surface area (Å²) in [6.07, 6.45) is 7.34. The summed E-state index contributed by atoms with van der Waals surface area (Å²) in [5.74, 6) is 0.475. The van der Waals surface area contributed by atoms with Gasteiger partial charge in [0.1, 0.15) is 0 Å². The normalized spacial score (nSPS) is 14.4. The van der Waals surface area contributed by atoms with Crippen molar-refractivity contribution >= 4 is 11.6 Å². The molecule has 0 spiro atoms. The highest BCUT2D eigenvalue weighted by atomic mass is 14.8. The SMILES string of the molecule is C=C/C(C)=c1/nccn/c1=C/C(C)C. The van der Waals surface area contributed by atoms with E-state index in [4.69, 9.17) is 0 Å². The predicted molar refractivity (Wildman–Crippen MR) is 59.9 cm³/mol. The second-order valence-corrected chi connectivity index (χ2v) is 3.59. The van der Waals surface area contributed by atoms with Crippen molar-refractivity contribution in [2.45, 2.75) is 20.8 Å². The van der Waals surface area contributed by atoms with E-state index in [1.807, 2.05) is 13.0 Å². The first-order valence-corrected chi connectivity index (χ1v) is 4.77. The molecule has 2 heteroatoms. The fraction of sp³-hybridized carbons (Fsp3) is 0.333. The molecule has 0 radical (unpaired) electrons. The van der Waals surface area contributed by atoms with Crippen LogP contribution in [0.2, 0.25) is 0 Å². The Kier molecular flexibility index (Phi) is 3.57. The van der Waals surface area contributed by atoms with Crippen LogP contribution in [0.5, 0.6) is 0 Å². The van der Waals surface area contributed by atoms with Gasteiger partial charge in [-0.3, -0.25) is 9.97 Å². The van der Waals surface area contributed by atoms with Crippen molar-refractivity contribution in [3.05, 3.63) is 35.7 Å². The van der Waals surface area contributed by atoms with Crippen molar-refractivity contribution in [2.24, 2.45) is 5.92 Å². The molecule has 0 atom stereocenters. The minimum Gasteiger partial charge on any atom is -0.253 e. The number of nitrogens with zero attached hydrogens (tertiary/aromatic N) is 2. The summed E-state index contributed by atoms with van der Waals surface area (Å²) < 4.78 is 0. The molecule has 0 saturated heterocycles. The van der Waals surface area contributed by atoms with Crippen LogP contribution in [-0.4, -0.2) is 9.97 Å². The summed E-state index contributed by atoms with van der Waals surface area (Å²) in [6, 6.07) is 0. The van der Waals surface area contributed by atoms with Crippen LogP contribution in [0.1, 0.15) is 20.8 Å². The number of aromatic nitrogens is 2. The highest BCUT2D eigenvalue weighted by molar-refractivity contribution is 5.51. The molecule has 1 aromatic rings. The zero-order valence-corrected chi connectivity index (χ0v) is 8.99. The van der Waals surface area contributed by atoms with Gasteiger partial charge in [-0.15, -0.1) is 0 Å². The van der Waals surface area contributed by atoms with Crippen molar-refractivity contribution in [3.63, 3.8) is 0 Å². The van der Waals surface area contributed by atoms with Crippen LogP contribution in [-0.2, 0) is 0 Å². The maximum absolute atomic E-state index is 4.30. The number of rotatable bonds is 2. The average molecular weight is 188 g/mol. The van der Waals surface area contributed by atoms with E-state index in [-0.39, 0.29) is 0 Å². The molecule has 14 heavy (non-hydrogen) atoms. The molecular formula is C12H16N2. The van der Waals surface area contributed by atoms with Gasteiger partial charge in [0.05, 0.1) is 10.7 Å². The third kappa shape index (κ3) is 2.52. The molecule has 2 nitrogen and oxygen atoms in total. The first-order chi connectivity index (χ1) is 6.65. The second-order valence-electron chi connectivity index (χ2n) is 3.59.